The van der Waals surface area contributed by atoms with Crippen molar-refractivity contribution >= 4 is 5.91 Å². The van der Waals surface area contributed by atoms with E-state index in [2.05, 4.69) is 14.9 Å². The summed E-state index contributed by atoms with van der Waals surface area (Å²) >= 11 is 0. The van der Waals surface area contributed by atoms with Gasteiger partial charge in [-0.15, -0.1) is 0 Å². The third-order valence-corrected chi connectivity index (χ3v) is 8.15. The fourth-order valence-electron chi connectivity index (χ4n) is 6.34. The Morgan fingerprint density at radius 2 is 1.88 bits per heavy atom. The lowest BCUT2D eigenvalue weighted by atomic mass is 10.0. The summed E-state index contributed by atoms with van der Waals surface area (Å²) in [5, 5.41) is 0. The van der Waals surface area contributed by atoms with Crippen LogP contribution in [0, 0.1) is 17.8 Å². The summed E-state index contributed by atoms with van der Waals surface area (Å²) in [6.07, 6.45) is 10.3. The van der Waals surface area contributed by atoms with Crippen molar-refractivity contribution in [1.29, 1.82) is 0 Å². The number of nitrogens with one attached hydrogen (secondary N) is 1. The lowest BCUT2D eigenvalue weighted by molar-refractivity contribution is -0.132. The molecule has 7 heteroatoms. The SMILES string of the molecule is O=C(C1[C@H]2CCCC[C@H]12)N1CC[C@H](c2nc3c(c(=O)[nH]2)CCN(Cc2ccncc2)C3)C1. The molecule has 4 aliphatic rings. The number of H-pyrrole nitrogens is 1. The third kappa shape index (κ3) is 3.66. The van der Waals surface area contributed by atoms with Crippen molar-refractivity contribution < 1.29 is 4.79 Å². The molecule has 0 radical (unpaired) electrons. The maximum absolute atomic E-state index is 13.1. The predicted molar refractivity (Wildman–Crippen MR) is 120 cm³/mol. The van der Waals surface area contributed by atoms with Gasteiger partial charge in [-0.1, -0.05) is 12.8 Å². The van der Waals surface area contributed by atoms with Crippen LogP contribution in [0.5, 0.6) is 0 Å². The van der Waals surface area contributed by atoms with Crippen LogP contribution in [0.2, 0.25) is 0 Å². The van der Waals surface area contributed by atoms with Gasteiger partial charge >= 0.3 is 0 Å². The average Bonchev–Trinajstić information content (AvgIpc) is 3.33. The zero-order valence-corrected chi connectivity index (χ0v) is 18.5. The molecular formula is C25H31N5O2. The first-order valence-electron chi connectivity index (χ1n) is 12.2. The fourth-order valence-corrected chi connectivity index (χ4v) is 6.34. The molecule has 3 atom stereocenters. The zero-order chi connectivity index (χ0) is 21.7. The summed E-state index contributed by atoms with van der Waals surface area (Å²) in [4.78, 5) is 42.4. The van der Waals surface area contributed by atoms with E-state index >= 15 is 0 Å². The van der Waals surface area contributed by atoms with Crippen LogP contribution in [0.15, 0.2) is 29.3 Å². The summed E-state index contributed by atoms with van der Waals surface area (Å²) in [5.41, 5.74) is 2.96. The minimum absolute atomic E-state index is 0.00607. The molecular weight excluding hydrogens is 402 g/mol. The van der Waals surface area contributed by atoms with Crippen molar-refractivity contribution in [3.63, 3.8) is 0 Å². The monoisotopic (exact) mass is 433 g/mol. The second-order valence-electron chi connectivity index (χ2n) is 10.1. The molecule has 6 rings (SSSR count). The number of likely N-dealkylation sites (tertiary alicyclic amines) is 1. The maximum Gasteiger partial charge on any atom is 0.254 e. The Morgan fingerprint density at radius 3 is 2.66 bits per heavy atom. The van der Waals surface area contributed by atoms with Crippen LogP contribution < -0.4 is 5.56 Å². The molecule has 32 heavy (non-hydrogen) atoms. The van der Waals surface area contributed by atoms with E-state index in [0.29, 0.717) is 30.8 Å². The van der Waals surface area contributed by atoms with Crippen LogP contribution >= 0.6 is 0 Å². The van der Waals surface area contributed by atoms with E-state index in [1.807, 2.05) is 29.4 Å². The first kappa shape index (κ1) is 20.1. The molecule has 2 aliphatic heterocycles. The van der Waals surface area contributed by atoms with E-state index in [1.54, 1.807) is 0 Å². The van der Waals surface area contributed by atoms with E-state index in [4.69, 9.17) is 4.98 Å². The number of aromatic nitrogens is 3. The Kier molecular flexibility index (Phi) is 5.09. The fraction of sp³-hybridized carbons (Fsp3) is 0.600. The van der Waals surface area contributed by atoms with Crippen LogP contribution in [0.1, 0.15) is 60.7 Å². The van der Waals surface area contributed by atoms with Gasteiger partial charge in [0.25, 0.3) is 5.56 Å². The standard InChI is InChI=1S/C25H31N5O2/c31-24-20-8-11-29(13-16-5-9-26-10-6-16)15-21(20)27-23(28-24)17-7-12-30(14-17)25(32)22-18-3-1-2-4-19(18)22/h5-6,9-10,17-19,22H,1-4,7-8,11-15H2,(H,27,28,31)/t17-,18-,19-/m0/s1. The van der Waals surface area contributed by atoms with Crippen LogP contribution in [-0.2, 0) is 24.3 Å². The van der Waals surface area contributed by atoms with Gasteiger partial charge in [0.2, 0.25) is 5.91 Å². The van der Waals surface area contributed by atoms with Gasteiger partial charge in [0, 0.05) is 62.5 Å². The first-order chi connectivity index (χ1) is 15.7. The largest absolute Gasteiger partial charge is 0.342 e. The van der Waals surface area contributed by atoms with E-state index in [9.17, 15) is 9.59 Å². The van der Waals surface area contributed by atoms with Gasteiger partial charge in [-0.05, 0) is 55.2 Å². The zero-order valence-electron chi connectivity index (χ0n) is 18.5. The Bertz CT molecular complexity index is 1060. The topological polar surface area (TPSA) is 82.2 Å². The number of hydrogen-bond donors (Lipinski definition) is 1. The van der Waals surface area contributed by atoms with Crippen molar-refractivity contribution in [1.82, 2.24) is 24.8 Å². The van der Waals surface area contributed by atoms with E-state index in [0.717, 1.165) is 49.6 Å². The average molecular weight is 434 g/mol. The summed E-state index contributed by atoms with van der Waals surface area (Å²) in [6.45, 7) is 3.86. The summed E-state index contributed by atoms with van der Waals surface area (Å²) in [5.74, 6) is 2.81. The molecule has 2 aromatic rings. The summed E-state index contributed by atoms with van der Waals surface area (Å²) < 4.78 is 0. The minimum atomic E-state index is 0.00607. The predicted octanol–water partition coefficient (Wildman–Crippen LogP) is 2.48. The molecule has 0 aromatic carbocycles. The van der Waals surface area contributed by atoms with Gasteiger partial charge in [-0.3, -0.25) is 19.5 Å². The van der Waals surface area contributed by atoms with E-state index < -0.39 is 0 Å². The van der Waals surface area contributed by atoms with E-state index in [1.165, 1.54) is 31.2 Å². The summed E-state index contributed by atoms with van der Waals surface area (Å²) in [6, 6.07) is 4.07. The van der Waals surface area contributed by atoms with Gasteiger partial charge < -0.3 is 9.88 Å². The Balaban J connectivity index is 1.15. The number of fused-ring (bicyclic) bond motifs is 2. The highest BCUT2D eigenvalue weighted by Crippen LogP contribution is 2.56. The molecule has 1 saturated heterocycles. The van der Waals surface area contributed by atoms with Crippen molar-refractivity contribution in [2.45, 2.75) is 57.5 Å². The second kappa shape index (κ2) is 8.10. The van der Waals surface area contributed by atoms with Crippen LogP contribution in [-0.4, -0.2) is 50.3 Å². The van der Waals surface area contributed by atoms with Crippen LogP contribution in [0.3, 0.4) is 0 Å². The molecule has 0 unspecified atom stereocenters. The quantitative estimate of drug-likeness (QED) is 0.801. The van der Waals surface area contributed by atoms with Crippen molar-refractivity contribution in [3.05, 3.63) is 57.5 Å². The molecule has 0 spiro atoms. The first-order valence-corrected chi connectivity index (χ1v) is 12.2. The molecule has 2 saturated carbocycles. The highest BCUT2D eigenvalue weighted by molar-refractivity contribution is 5.82. The molecule has 2 aromatic heterocycles. The van der Waals surface area contributed by atoms with Gasteiger partial charge in [-0.25, -0.2) is 4.98 Å². The molecule has 7 nitrogen and oxygen atoms in total. The van der Waals surface area contributed by atoms with Crippen LogP contribution in [0.4, 0.5) is 0 Å². The molecule has 1 amide bonds. The maximum atomic E-state index is 13.1. The van der Waals surface area contributed by atoms with Crippen molar-refractivity contribution in [3.8, 4) is 0 Å². The number of pyridine rings is 1. The number of rotatable bonds is 4. The summed E-state index contributed by atoms with van der Waals surface area (Å²) in [7, 11) is 0. The normalized spacial score (nSPS) is 29.4. The molecule has 4 heterocycles. The van der Waals surface area contributed by atoms with Gasteiger partial charge in [0.15, 0.2) is 0 Å². The molecule has 0 bridgehead atoms. The minimum Gasteiger partial charge on any atom is -0.342 e. The van der Waals surface area contributed by atoms with Gasteiger partial charge in [0.05, 0.1) is 5.69 Å². The number of amides is 1. The van der Waals surface area contributed by atoms with Crippen LogP contribution in [0.25, 0.3) is 0 Å². The third-order valence-electron chi connectivity index (χ3n) is 8.15. The van der Waals surface area contributed by atoms with Crippen molar-refractivity contribution in [2.24, 2.45) is 17.8 Å². The second-order valence-corrected chi connectivity index (χ2v) is 10.1. The molecule has 1 N–H and O–H groups in total. The highest BCUT2D eigenvalue weighted by Gasteiger charge is 2.56. The Hall–Kier alpha value is -2.54. The number of aromatic amines is 1. The number of carbonyl (C=O) groups is 1. The molecule has 168 valence electrons. The Morgan fingerprint density at radius 1 is 1.09 bits per heavy atom. The number of nitrogens with zero attached hydrogens (tertiary/aromatic N) is 4. The van der Waals surface area contributed by atoms with Gasteiger partial charge in [-0.2, -0.15) is 0 Å². The number of carbonyl (C=O) groups excluding carboxylic acids is 1. The molecule has 3 fully saturated rings. The van der Waals surface area contributed by atoms with Crippen molar-refractivity contribution in [2.75, 3.05) is 19.6 Å². The van der Waals surface area contributed by atoms with Gasteiger partial charge in [0.1, 0.15) is 5.82 Å². The lowest BCUT2D eigenvalue weighted by Crippen LogP contribution is -2.36. The van der Waals surface area contributed by atoms with E-state index in [-0.39, 0.29) is 17.4 Å². The highest BCUT2D eigenvalue weighted by atomic mass is 16.2. The lowest BCUT2D eigenvalue weighted by Gasteiger charge is -2.28. The Labute approximate surface area is 188 Å². The molecule has 2 aliphatic carbocycles. The smallest absolute Gasteiger partial charge is 0.254 e. The number of hydrogen-bond acceptors (Lipinski definition) is 5.